The van der Waals surface area contributed by atoms with Crippen LogP contribution in [0.5, 0.6) is 0 Å². The highest BCUT2D eigenvalue weighted by atomic mass is 16.6. The molecule has 4 rings (SSSR count). The van der Waals surface area contributed by atoms with E-state index in [1.165, 1.54) is 32.2 Å². The van der Waals surface area contributed by atoms with Crippen molar-refractivity contribution in [2.45, 2.75) is 6.92 Å². The predicted molar refractivity (Wildman–Crippen MR) is 113 cm³/mol. The standard InChI is InChI=1S/C20H18N6O4/c1-12-14(19(27)25(22-12)13-7-5-4-6-8-13)11-21-15-9-17-18(10-16(15)26(29)30)24(3)20(28)23(17)2/h4-11,22H,1-3H3. The number of hydrogen-bond donors (Lipinski definition) is 1. The third kappa shape index (κ3) is 2.94. The molecule has 0 bridgehead atoms. The average molecular weight is 406 g/mol. The van der Waals surface area contributed by atoms with Crippen LogP contribution in [0.4, 0.5) is 11.4 Å². The summed E-state index contributed by atoms with van der Waals surface area (Å²) in [5, 5.41) is 14.6. The highest BCUT2D eigenvalue weighted by Gasteiger charge is 2.19. The molecule has 0 unspecified atom stereocenters. The molecule has 1 N–H and O–H groups in total. The first kappa shape index (κ1) is 19.1. The van der Waals surface area contributed by atoms with E-state index in [1.807, 2.05) is 18.2 Å². The first-order valence-electron chi connectivity index (χ1n) is 9.04. The number of hydrogen-bond acceptors (Lipinski definition) is 5. The zero-order valence-corrected chi connectivity index (χ0v) is 16.5. The molecule has 0 aliphatic carbocycles. The number of aliphatic imine (C=N–C) groups is 1. The van der Waals surface area contributed by atoms with E-state index in [4.69, 9.17) is 0 Å². The third-order valence-electron chi connectivity index (χ3n) is 5.03. The summed E-state index contributed by atoms with van der Waals surface area (Å²) in [7, 11) is 3.13. The summed E-state index contributed by atoms with van der Waals surface area (Å²) in [6.07, 6.45) is 1.31. The monoisotopic (exact) mass is 406 g/mol. The van der Waals surface area contributed by atoms with Crippen molar-refractivity contribution in [1.82, 2.24) is 18.9 Å². The highest BCUT2D eigenvalue weighted by molar-refractivity contribution is 5.89. The average Bonchev–Trinajstić information content (AvgIpc) is 3.14. The van der Waals surface area contributed by atoms with Gasteiger partial charge in [0, 0.05) is 32.1 Å². The molecule has 152 valence electrons. The summed E-state index contributed by atoms with van der Waals surface area (Å²) >= 11 is 0. The number of H-pyrrole nitrogens is 1. The molecule has 2 heterocycles. The molecule has 0 fully saturated rings. The van der Waals surface area contributed by atoms with Crippen LogP contribution in [-0.4, -0.2) is 30.1 Å². The highest BCUT2D eigenvalue weighted by Crippen LogP contribution is 2.31. The van der Waals surface area contributed by atoms with Gasteiger partial charge in [-0.2, -0.15) is 0 Å². The Balaban J connectivity index is 1.85. The number of aromatic amines is 1. The Morgan fingerprint density at radius 3 is 2.33 bits per heavy atom. The summed E-state index contributed by atoms with van der Waals surface area (Å²) in [4.78, 5) is 40.2. The van der Waals surface area contributed by atoms with Crippen molar-refractivity contribution in [2.75, 3.05) is 0 Å². The maximum absolute atomic E-state index is 12.8. The lowest BCUT2D eigenvalue weighted by Crippen LogP contribution is -2.19. The van der Waals surface area contributed by atoms with Crippen molar-refractivity contribution < 1.29 is 4.92 Å². The van der Waals surface area contributed by atoms with E-state index in [2.05, 4.69) is 10.1 Å². The minimum atomic E-state index is -0.560. The van der Waals surface area contributed by atoms with E-state index in [0.29, 0.717) is 22.4 Å². The number of nitrogens with one attached hydrogen (secondary N) is 1. The van der Waals surface area contributed by atoms with Crippen LogP contribution in [0.2, 0.25) is 0 Å². The van der Waals surface area contributed by atoms with Gasteiger partial charge in [0.15, 0.2) is 0 Å². The van der Waals surface area contributed by atoms with Crippen LogP contribution in [0.3, 0.4) is 0 Å². The number of para-hydroxylation sites is 1. The number of imidazole rings is 1. The Kier molecular flexibility index (Phi) is 4.46. The molecular weight excluding hydrogens is 388 g/mol. The molecule has 30 heavy (non-hydrogen) atoms. The quantitative estimate of drug-likeness (QED) is 0.318. The predicted octanol–water partition coefficient (Wildman–Crippen LogP) is 2.32. The molecule has 10 heteroatoms. The van der Waals surface area contributed by atoms with Crippen LogP contribution in [0.15, 0.2) is 57.0 Å². The molecule has 2 aromatic heterocycles. The number of fused-ring (bicyclic) bond motifs is 1. The van der Waals surface area contributed by atoms with E-state index in [0.717, 1.165) is 0 Å². The molecule has 0 aliphatic rings. The Hall–Kier alpha value is -4.21. The second-order valence-electron chi connectivity index (χ2n) is 6.87. The van der Waals surface area contributed by atoms with E-state index in [1.54, 1.807) is 33.2 Å². The van der Waals surface area contributed by atoms with Crippen molar-refractivity contribution >= 4 is 28.6 Å². The van der Waals surface area contributed by atoms with Crippen LogP contribution in [0.1, 0.15) is 11.3 Å². The van der Waals surface area contributed by atoms with Gasteiger partial charge in [-0.05, 0) is 25.1 Å². The molecular formula is C20H18N6O4. The number of aromatic nitrogens is 4. The number of nitro benzene ring substituents is 1. The number of benzene rings is 2. The Morgan fingerprint density at radius 1 is 1.07 bits per heavy atom. The van der Waals surface area contributed by atoms with Crippen LogP contribution in [-0.2, 0) is 14.1 Å². The summed E-state index contributed by atoms with van der Waals surface area (Å²) in [6, 6.07) is 11.8. The van der Waals surface area contributed by atoms with Gasteiger partial charge in [-0.25, -0.2) is 14.5 Å². The SMILES string of the molecule is Cc1[nH]n(-c2ccccc2)c(=O)c1C=Nc1cc2c(cc1[N+](=O)[O-])n(C)c(=O)n2C. The van der Waals surface area contributed by atoms with Gasteiger partial charge in [0.1, 0.15) is 5.69 Å². The first-order chi connectivity index (χ1) is 14.3. The van der Waals surface area contributed by atoms with E-state index in [-0.39, 0.29) is 28.2 Å². The van der Waals surface area contributed by atoms with E-state index < -0.39 is 4.92 Å². The van der Waals surface area contributed by atoms with Crippen molar-refractivity contribution in [1.29, 1.82) is 0 Å². The lowest BCUT2D eigenvalue weighted by Gasteiger charge is -2.00. The van der Waals surface area contributed by atoms with E-state index in [9.17, 15) is 19.7 Å². The molecule has 10 nitrogen and oxygen atoms in total. The maximum Gasteiger partial charge on any atom is 0.328 e. The van der Waals surface area contributed by atoms with Gasteiger partial charge < -0.3 is 0 Å². The van der Waals surface area contributed by atoms with Crippen LogP contribution < -0.4 is 11.2 Å². The van der Waals surface area contributed by atoms with Gasteiger partial charge in [0.05, 0.1) is 27.2 Å². The van der Waals surface area contributed by atoms with Gasteiger partial charge in [-0.3, -0.25) is 29.1 Å². The number of nitro groups is 1. The van der Waals surface area contributed by atoms with Crippen molar-refractivity contribution in [2.24, 2.45) is 19.1 Å². The second-order valence-corrected chi connectivity index (χ2v) is 6.87. The third-order valence-corrected chi connectivity index (χ3v) is 5.03. The fraction of sp³-hybridized carbons (Fsp3) is 0.150. The Bertz CT molecular complexity index is 1440. The summed E-state index contributed by atoms with van der Waals surface area (Å²) in [5.41, 5.74) is 1.64. The van der Waals surface area contributed by atoms with Crippen LogP contribution in [0.25, 0.3) is 16.7 Å². The summed E-state index contributed by atoms with van der Waals surface area (Å²) in [5.74, 6) is 0. The van der Waals surface area contributed by atoms with Crippen LogP contribution >= 0.6 is 0 Å². The van der Waals surface area contributed by atoms with Gasteiger partial charge in [0.25, 0.3) is 11.2 Å². The summed E-state index contributed by atoms with van der Waals surface area (Å²) in [6.45, 7) is 1.72. The Labute approximate surface area is 169 Å². The van der Waals surface area contributed by atoms with Gasteiger partial charge in [-0.15, -0.1) is 0 Å². The molecule has 0 spiro atoms. The number of aryl methyl sites for hydroxylation is 3. The van der Waals surface area contributed by atoms with Crippen molar-refractivity contribution in [3.05, 3.63) is 84.7 Å². The Morgan fingerprint density at radius 2 is 1.70 bits per heavy atom. The maximum atomic E-state index is 12.8. The fourth-order valence-corrected chi connectivity index (χ4v) is 3.38. The largest absolute Gasteiger partial charge is 0.328 e. The van der Waals surface area contributed by atoms with Crippen molar-refractivity contribution in [3.63, 3.8) is 0 Å². The molecule has 0 radical (unpaired) electrons. The molecule has 0 amide bonds. The molecule has 0 atom stereocenters. The topological polar surface area (TPSA) is 120 Å². The summed E-state index contributed by atoms with van der Waals surface area (Å²) < 4.78 is 4.11. The lowest BCUT2D eigenvalue weighted by molar-refractivity contribution is -0.383. The van der Waals surface area contributed by atoms with Gasteiger partial charge in [-0.1, -0.05) is 18.2 Å². The normalized spacial score (nSPS) is 11.6. The molecule has 0 aliphatic heterocycles. The van der Waals surface area contributed by atoms with Crippen molar-refractivity contribution in [3.8, 4) is 5.69 Å². The zero-order chi connectivity index (χ0) is 21.6. The minimum absolute atomic E-state index is 0.0555. The first-order valence-corrected chi connectivity index (χ1v) is 9.04. The molecule has 0 saturated carbocycles. The van der Waals surface area contributed by atoms with E-state index >= 15 is 0 Å². The number of rotatable bonds is 4. The number of nitrogens with zero attached hydrogens (tertiary/aromatic N) is 5. The smallest absolute Gasteiger partial charge is 0.295 e. The molecule has 0 saturated heterocycles. The zero-order valence-electron chi connectivity index (χ0n) is 16.5. The lowest BCUT2D eigenvalue weighted by atomic mass is 10.2. The fourth-order valence-electron chi connectivity index (χ4n) is 3.38. The van der Waals surface area contributed by atoms with Crippen LogP contribution in [0, 0.1) is 17.0 Å². The minimum Gasteiger partial charge on any atom is -0.295 e. The van der Waals surface area contributed by atoms with Gasteiger partial charge >= 0.3 is 5.69 Å². The van der Waals surface area contributed by atoms with Gasteiger partial charge in [0.2, 0.25) is 0 Å². The molecule has 2 aromatic carbocycles. The molecule has 4 aromatic rings. The second kappa shape index (κ2) is 6.99.